The van der Waals surface area contributed by atoms with Gasteiger partial charge in [-0.05, 0) is 17.5 Å². The Balaban J connectivity index is 1.83. The predicted octanol–water partition coefficient (Wildman–Crippen LogP) is 4.22. The average molecular weight is 333 g/mol. The first-order chi connectivity index (χ1) is 12.2. The second-order valence-corrected chi connectivity index (χ2v) is 6.32. The molecule has 0 fully saturated rings. The van der Waals surface area contributed by atoms with Gasteiger partial charge in [0.2, 0.25) is 5.95 Å². The van der Waals surface area contributed by atoms with Crippen molar-refractivity contribution < 1.29 is 0 Å². The quantitative estimate of drug-likeness (QED) is 0.678. The first kappa shape index (κ1) is 16.9. The minimum atomic E-state index is 0.524. The van der Waals surface area contributed by atoms with Crippen LogP contribution in [-0.2, 0) is 6.54 Å². The predicted molar refractivity (Wildman–Crippen MR) is 102 cm³/mol. The Morgan fingerprint density at radius 3 is 2.52 bits per heavy atom. The van der Waals surface area contributed by atoms with Crippen LogP contribution in [0.5, 0.6) is 0 Å². The maximum Gasteiger partial charge on any atom is 0.225 e. The molecule has 0 spiro atoms. The van der Waals surface area contributed by atoms with Gasteiger partial charge in [-0.2, -0.15) is 4.98 Å². The maximum atomic E-state index is 4.66. The number of benzene rings is 1. The molecule has 5 heteroatoms. The zero-order valence-electron chi connectivity index (χ0n) is 14.6. The fraction of sp³-hybridized carbons (Fsp3) is 0.250. The molecule has 0 aliphatic carbocycles. The van der Waals surface area contributed by atoms with Crippen LogP contribution in [0.15, 0.2) is 60.9 Å². The Hall–Kier alpha value is -2.95. The van der Waals surface area contributed by atoms with Gasteiger partial charge in [0, 0.05) is 37.1 Å². The van der Waals surface area contributed by atoms with Gasteiger partial charge in [0.05, 0.1) is 5.69 Å². The van der Waals surface area contributed by atoms with Crippen molar-refractivity contribution in [3.05, 3.63) is 66.5 Å². The third-order valence-corrected chi connectivity index (χ3v) is 3.66. The van der Waals surface area contributed by atoms with E-state index in [2.05, 4.69) is 51.6 Å². The molecule has 2 heterocycles. The summed E-state index contributed by atoms with van der Waals surface area (Å²) in [6.07, 6.45) is 3.62. The number of aromatic nitrogens is 3. The lowest BCUT2D eigenvalue weighted by molar-refractivity contribution is 0.684. The highest BCUT2D eigenvalue weighted by molar-refractivity contribution is 5.64. The summed E-state index contributed by atoms with van der Waals surface area (Å²) in [5, 5.41) is 6.69. The smallest absolute Gasteiger partial charge is 0.225 e. The van der Waals surface area contributed by atoms with Crippen LogP contribution in [0.1, 0.15) is 19.4 Å². The standard InChI is InChI=1S/C20H23N5/c1-15(2)12-23-20-24-18(17-8-4-3-5-9-17)11-19(25-20)22-14-16-7-6-10-21-13-16/h3-11,13,15H,12,14H2,1-2H3,(H2,22,23,24,25). The van der Waals surface area contributed by atoms with Crippen LogP contribution in [0.2, 0.25) is 0 Å². The molecule has 0 aliphatic rings. The van der Waals surface area contributed by atoms with Crippen LogP contribution in [0.3, 0.4) is 0 Å². The topological polar surface area (TPSA) is 62.7 Å². The molecule has 0 bridgehead atoms. The van der Waals surface area contributed by atoms with Crippen LogP contribution in [0, 0.1) is 5.92 Å². The fourth-order valence-corrected chi connectivity index (χ4v) is 2.36. The number of hydrogen-bond donors (Lipinski definition) is 2. The molecule has 0 amide bonds. The molecule has 2 N–H and O–H groups in total. The molecule has 0 saturated carbocycles. The Kier molecular flexibility index (Phi) is 5.57. The summed E-state index contributed by atoms with van der Waals surface area (Å²) < 4.78 is 0. The van der Waals surface area contributed by atoms with Crippen LogP contribution in [0.25, 0.3) is 11.3 Å². The number of rotatable bonds is 7. The SMILES string of the molecule is CC(C)CNc1nc(NCc2cccnc2)cc(-c2ccccc2)n1. The zero-order valence-corrected chi connectivity index (χ0v) is 14.6. The van der Waals surface area contributed by atoms with E-state index in [-0.39, 0.29) is 0 Å². The normalized spacial score (nSPS) is 10.7. The molecule has 128 valence electrons. The second kappa shape index (κ2) is 8.24. The van der Waals surface area contributed by atoms with E-state index in [1.807, 2.05) is 42.6 Å². The van der Waals surface area contributed by atoms with Crippen molar-refractivity contribution in [1.29, 1.82) is 0 Å². The van der Waals surface area contributed by atoms with E-state index in [0.717, 1.165) is 29.2 Å². The molecular formula is C20H23N5. The number of nitrogens with one attached hydrogen (secondary N) is 2. The van der Waals surface area contributed by atoms with Gasteiger partial charge in [-0.3, -0.25) is 4.98 Å². The molecular weight excluding hydrogens is 310 g/mol. The summed E-state index contributed by atoms with van der Waals surface area (Å²) in [7, 11) is 0. The summed E-state index contributed by atoms with van der Waals surface area (Å²) in [5.74, 6) is 1.96. The summed E-state index contributed by atoms with van der Waals surface area (Å²) >= 11 is 0. The highest BCUT2D eigenvalue weighted by Gasteiger charge is 2.07. The van der Waals surface area contributed by atoms with Crippen LogP contribution < -0.4 is 10.6 Å². The van der Waals surface area contributed by atoms with E-state index in [1.165, 1.54) is 0 Å². The van der Waals surface area contributed by atoms with Crippen LogP contribution in [-0.4, -0.2) is 21.5 Å². The van der Waals surface area contributed by atoms with Crippen LogP contribution in [0.4, 0.5) is 11.8 Å². The minimum absolute atomic E-state index is 0.524. The Bertz CT molecular complexity index is 788. The molecule has 0 unspecified atom stereocenters. The molecule has 25 heavy (non-hydrogen) atoms. The van der Waals surface area contributed by atoms with E-state index in [1.54, 1.807) is 6.20 Å². The van der Waals surface area contributed by atoms with Gasteiger partial charge < -0.3 is 10.6 Å². The molecule has 3 aromatic rings. The van der Waals surface area contributed by atoms with Gasteiger partial charge in [-0.15, -0.1) is 0 Å². The van der Waals surface area contributed by atoms with E-state index in [0.29, 0.717) is 18.4 Å². The molecule has 5 nitrogen and oxygen atoms in total. The maximum absolute atomic E-state index is 4.66. The summed E-state index contributed by atoms with van der Waals surface area (Å²) in [5.41, 5.74) is 3.08. The summed E-state index contributed by atoms with van der Waals surface area (Å²) in [6, 6.07) is 16.1. The minimum Gasteiger partial charge on any atom is -0.366 e. The third kappa shape index (κ3) is 5.01. The largest absolute Gasteiger partial charge is 0.366 e. The number of nitrogens with zero attached hydrogens (tertiary/aromatic N) is 3. The first-order valence-electron chi connectivity index (χ1n) is 8.52. The van der Waals surface area contributed by atoms with Gasteiger partial charge in [-0.1, -0.05) is 50.2 Å². The van der Waals surface area contributed by atoms with Gasteiger partial charge in [0.15, 0.2) is 0 Å². The van der Waals surface area contributed by atoms with E-state index in [4.69, 9.17) is 0 Å². The summed E-state index contributed by atoms with van der Waals surface area (Å²) in [6.45, 7) is 5.83. The molecule has 0 saturated heterocycles. The Morgan fingerprint density at radius 2 is 1.80 bits per heavy atom. The van der Waals surface area contributed by atoms with Crippen molar-refractivity contribution in [3.63, 3.8) is 0 Å². The molecule has 2 aromatic heterocycles. The summed E-state index contributed by atoms with van der Waals surface area (Å²) in [4.78, 5) is 13.4. The molecule has 1 aromatic carbocycles. The van der Waals surface area contributed by atoms with Crippen molar-refractivity contribution in [3.8, 4) is 11.3 Å². The molecule has 0 aliphatic heterocycles. The molecule has 0 radical (unpaired) electrons. The van der Waals surface area contributed by atoms with E-state index < -0.39 is 0 Å². The molecule has 3 rings (SSSR count). The lowest BCUT2D eigenvalue weighted by Crippen LogP contribution is -2.12. The van der Waals surface area contributed by atoms with E-state index in [9.17, 15) is 0 Å². The fourth-order valence-electron chi connectivity index (χ4n) is 2.36. The Labute approximate surface area is 148 Å². The molecule has 0 atom stereocenters. The highest BCUT2D eigenvalue weighted by atomic mass is 15.1. The van der Waals surface area contributed by atoms with Gasteiger partial charge >= 0.3 is 0 Å². The van der Waals surface area contributed by atoms with Crippen molar-refractivity contribution in [2.75, 3.05) is 17.2 Å². The van der Waals surface area contributed by atoms with Crippen molar-refractivity contribution >= 4 is 11.8 Å². The number of anilines is 2. The van der Waals surface area contributed by atoms with Gasteiger partial charge in [0.1, 0.15) is 5.82 Å². The van der Waals surface area contributed by atoms with Gasteiger partial charge in [-0.25, -0.2) is 4.98 Å². The Morgan fingerprint density at radius 1 is 0.960 bits per heavy atom. The highest BCUT2D eigenvalue weighted by Crippen LogP contribution is 2.21. The number of hydrogen-bond acceptors (Lipinski definition) is 5. The van der Waals surface area contributed by atoms with Crippen molar-refractivity contribution in [2.45, 2.75) is 20.4 Å². The zero-order chi connectivity index (χ0) is 17.5. The lowest BCUT2D eigenvalue weighted by atomic mass is 10.1. The lowest BCUT2D eigenvalue weighted by Gasteiger charge is -2.12. The number of pyridine rings is 1. The second-order valence-electron chi connectivity index (χ2n) is 6.32. The van der Waals surface area contributed by atoms with Crippen molar-refractivity contribution in [2.24, 2.45) is 5.92 Å². The monoisotopic (exact) mass is 333 g/mol. The van der Waals surface area contributed by atoms with Crippen LogP contribution >= 0.6 is 0 Å². The average Bonchev–Trinajstić information content (AvgIpc) is 2.66. The van der Waals surface area contributed by atoms with Gasteiger partial charge in [0.25, 0.3) is 0 Å². The van der Waals surface area contributed by atoms with Crippen molar-refractivity contribution in [1.82, 2.24) is 15.0 Å². The first-order valence-corrected chi connectivity index (χ1v) is 8.52. The van der Waals surface area contributed by atoms with E-state index >= 15 is 0 Å². The third-order valence-electron chi connectivity index (χ3n) is 3.66.